The predicted molar refractivity (Wildman–Crippen MR) is 138 cm³/mol. The maximum atomic E-state index is 10.2. The summed E-state index contributed by atoms with van der Waals surface area (Å²) in [5.41, 5.74) is 3.41. The van der Waals surface area contributed by atoms with Gasteiger partial charge in [-0.1, -0.05) is 46.3 Å². The van der Waals surface area contributed by atoms with Crippen molar-refractivity contribution in [2.75, 3.05) is 0 Å². The number of aryl methyl sites for hydroxylation is 1. The maximum Gasteiger partial charge on any atom is 0.141 e. The minimum atomic E-state index is -0.727. The molecule has 0 amide bonds. The quantitative estimate of drug-likeness (QED) is 0.262. The van der Waals surface area contributed by atoms with Crippen LogP contribution in [-0.2, 0) is 6.42 Å². The van der Waals surface area contributed by atoms with Gasteiger partial charge in [0.1, 0.15) is 5.82 Å². The lowest BCUT2D eigenvalue weighted by Gasteiger charge is -2.17. The van der Waals surface area contributed by atoms with E-state index in [2.05, 4.69) is 57.3 Å². The van der Waals surface area contributed by atoms with Gasteiger partial charge in [-0.3, -0.25) is 0 Å². The fraction of sp³-hybridized carbons (Fsp3) is 0.179. The third kappa shape index (κ3) is 3.82. The minimum absolute atomic E-state index is 0.406. The molecule has 0 radical (unpaired) electrons. The normalized spacial score (nSPS) is 11.7. The summed E-state index contributed by atoms with van der Waals surface area (Å²) in [6, 6.07) is 22.0. The standard InChI is InChI=1S/C28H21BrN4O/c1-28(2,34)11-10-16-6-8-20-22(12-16)23-13-19(29)7-9-21(23)26-25(20)32-27(33-26)24-17(14-30)4-3-5-18(24)15-31/h3-9,12-13,34H,10-11H2,1-2H3,(H,32,33). The number of fused-ring (bicyclic) bond motifs is 6. The van der Waals surface area contributed by atoms with Crippen LogP contribution < -0.4 is 0 Å². The van der Waals surface area contributed by atoms with E-state index in [9.17, 15) is 15.6 Å². The summed E-state index contributed by atoms with van der Waals surface area (Å²) in [6.45, 7) is 3.65. The minimum Gasteiger partial charge on any atom is -0.390 e. The van der Waals surface area contributed by atoms with Gasteiger partial charge in [0, 0.05) is 15.2 Å². The molecule has 0 aliphatic carbocycles. The van der Waals surface area contributed by atoms with Crippen LogP contribution in [0.25, 0.3) is 44.0 Å². The third-order valence-electron chi connectivity index (χ3n) is 6.15. The number of hydrogen-bond donors (Lipinski definition) is 2. The molecule has 1 aromatic heterocycles. The lowest BCUT2D eigenvalue weighted by atomic mass is 9.94. The molecule has 2 N–H and O–H groups in total. The smallest absolute Gasteiger partial charge is 0.141 e. The SMILES string of the molecule is CC(C)(O)CCc1ccc2c(c1)c1cc(Br)ccc1c1nc(-c3c(C#N)cccc3C#N)[nH]c21. The maximum absolute atomic E-state index is 10.2. The first-order valence-corrected chi connectivity index (χ1v) is 11.8. The summed E-state index contributed by atoms with van der Waals surface area (Å²) in [6.07, 6.45) is 1.43. The molecule has 0 aliphatic heterocycles. The fourth-order valence-corrected chi connectivity index (χ4v) is 4.82. The van der Waals surface area contributed by atoms with Crippen molar-refractivity contribution in [1.29, 1.82) is 10.5 Å². The van der Waals surface area contributed by atoms with Crippen LogP contribution in [0.3, 0.4) is 0 Å². The highest BCUT2D eigenvalue weighted by Crippen LogP contribution is 2.38. The average molecular weight is 509 g/mol. The summed E-state index contributed by atoms with van der Waals surface area (Å²) < 4.78 is 0.972. The number of hydrogen-bond acceptors (Lipinski definition) is 4. The number of rotatable bonds is 4. The van der Waals surface area contributed by atoms with Crippen molar-refractivity contribution in [3.8, 4) is 23.5 Å². The second-order valence-electron chi connectivity index (χ2n) is 9.14. The van der Waals surface area contributed by atoms with Crippen molar-refractivity contribution in [2.45, 2.75) is 32.3 Å². The Morgan fingerprint density at radius 3 is 2.29 bits per heavy atom. The number of nitrogens with one attached hydrogen (secondary N) is 1. The molecule has 5 aromatic rings. The highest BCUT2D eigenvalue weighted by atomic mass is 79.9. The van der Waals surface area contributed by atoms with Crippen LogP contribution in [0, 0.1) is 22.7 Å². The van der Waals surface area contributed by atoms with E-state index >= 15 is 0 Å². The molecular weight excluding hydrogens is 488 g/mol. The van der Waals surface area contributed by atoms with E-state index in [-0.39, 0.29) is 0 Å². The zero-order valence-corrected chi connectivity index (χ0v) is 20.4. The van der Waals surface area contributed by atoms with E-state index in [1.165, 1.54) is 0 Å². The summed E-state index contributed by atoms with van der Waals surface area (Å²) in [7, 11) is 0. The summed E-state index contributed by atoms with van der Waals surface area (Å²) >= 11 is 3.60. The molecule has 0 saturated carbocycles. The number of nitriles is 2. The van der Waals surface area contributed by atoms with Gasteiger partial charge in [0.25, 0.3) is 0 Å². The first kappa shape index (κ1) is 22.1. The zero-order chi connectivity index (χ0) is 24.0. The Bertz CT molecular complexity index is 1650. The van der Waals surface area contributed by atoms with Crippen molar-refractivity contribution < 1.29 is 5.11 Å². The van der Waals surface area contributed by atoms with Crippen LogP contribution in [-0.4, -0.2) is 20.7 Å². The first-order valence-electron chi connectivity index (χ1n) is 11.0. The molecule has 6 heteroatoms. The molecule has 0 aliphatic rings. The van der Waals surface area contributed by atoms with Crippen molar-refractivity contribution in [2.24, 2.45) is 0 Å². The van der Waals surface area contributed by atoms with Gasteiger partial charge in [-0.15, -0.1) is 0 Å². The number of imidazole rings is 1. The number of aromatic nitrogens is 2. The first-order chi connectivity index (χ1) is 16.3. The van der Waals surface area contributed by atoms with Gasteiger partial charge in [-0.25, -0.2) is 4.98 Å². The molecule has 1 heterocycles. The van der Waals surface area contributed by atoms with E-state index in [0.29, 0.717) is 28.9 Å². The van der Waals surface area contributed by atoms with Gasteiger partial charge in [-0.2, -0.15) is 10.5 Å². The molecule has 166 valence electrons. The molecule has 0 spiro atoms. The van der Waals surface area contributed by atoms with Gasteiger partial charge in [0.15, 0.2) is 0 Å². The van der Waals surface area contributed by atoms with Crippen molar-refractivity contribution in [3.63, 3.8) is 0 Å². The van der Waals surface area contributed by atoms with Crippen molar-refractivity contribution in [1.82, 2.24) is 9.97 Å². The van der Waals surface area contributed by atoms with Gasteiger partial charge >= 0.3 is 0 Å². The fourth-order valence-electron chi connectivity index (χ4n) is 4.46. The van der Waals surface area contributed by atoms with Crippen LogP contribution in [0.5, 0.6) is 0 Å². The number of H-pyrrole nitrogens is 1. The highest BCUT2D eigenvalue weighted by Gasteiger charge is 2.19. The van der Waals surface area contributed by atoms with Gasteiger partial charge < -0.3 is 10.1 Å². The van der Waals surface area contributed by atoms with Crippen molar-refractivity contribution >= 4 is 48.5 Å². The van der Waals surface area contributed by atoms with Crippen LogP contribution >= 0.6 is 15.9 Å². The Kier molecular flexibility index (Phi) is 5.37. The Morgan fingerprint density at radius 1 is 0.941 bits per heavy atom. The highest BCUT2D eigenvalue weighted by molar-refractivity contribution is 9.10. The van der Waals surface area contributed by atoms with E-state index in [0.717, 1.165) is 49.0 Å². The second-order valence-corrected chi connectivity index (χ2v) is 10.1. The number of benzene rings is 4. The van der Waals surface area contributed by atoms with Crippen LogP contribution in [0.4, 0.5) is 0 Å². The third-order valence-corrected chi connectivity index (χ3v) is 6.64. The van der Waals surface area contributed by atoms with Crippen molar-refractivity contribution in [3.05, 3.63) is 75.8 Å². The Hall–Kier alpha value is -3.71. The Morgan fingerprint density at radius 2 is 1.62 bits per heavy atom. The van der Waals surface area contributed by atoms with E-state index in [1.54, 1.807) is 18.2 Å². The zero-order valence-electron chi connectivity index (χ0n) is 18.8. The number of aliphatic hydroxyl groups is 1. The summed E-state index contributed by atoms with van der Waals surface area (Å²) in [4.78, 5) is 8.31. The number of nitrogens with zero attached hydrogens (tertiary/aromatic N) is 3. The lowest BCUT2D eigenvalue weighted by molar-refractivity contribution is 0.0714. The predicted octanol–water partition coefficient (Wildman–Crippen LogP) is 6.75. The largest absolute Gasteiger partial charge is 0.390 e. The molecular formula is C28H21BrN4O. The van der Waals surface area contributed by atoms with Crippen LogP contribution in [0.15, 0.2) is 59.1 Å². The summed E-state index contributed by atoms with van der Waals surface area (Å²) in [5, 5.41) is 33.6. The van der Waals surface area contributed by atoms with E-state index < -0.39 is 5.60 Å². The molecule has 0 bridgehead atoms. The molecule has 0 saturated heterocycles. The monoisotopic (exact) mass is 508 g/mol. The molecule has 5 rings (SSSR count). The van der Waals surface area contributed by atoms with E-state index in [4.69, 9.17) is 4.98 Å². The number of aromatic amines is 1. The summed E-state index contributed by atoms with van der Waals surface area (Å²) in [5.74, 6) is 0.506. The number of halogens is 1. The second kappa shape index (κ2) is 8.25. The molecule has 4 aromatic carbocycles. The average Bonchev–Trinajstić information content (AvgIpc) is 3.26. The van der Waals surface area contributed by atoms with Gasteiger partial charge in [-0.05, 0) is 67.3 Å². The molecule has 0 atom stereocenters. The Balaban J connectivity index is 1.82. The lowest BCUT2D eigenvalue weighted by Crippen LogP contribution is -2.19. The van der Waals surface area contributed by atoms with Gasteiger partial charge in [0.05, 0.1) is 45.5 Å². The van der Waals surface area contributed by atoms with Gasteiger partial charge in [0.2, 0.25) is 0 Å². The van der Waals surface area contributed by atoms with Crippen LogP contribution in [0.2, 0.25) is 0 Å². The molecule has 0 fully saturated rings. The Labute approximate surface area is 205 Å². The van der Waals surface area contributed by atoms with E-state index in [1.807, 2.05) is 26.0 Å². The topological polar surface area (TPSA) is 96.5 Å². The molecule has 5 nitrogen and oxygen atoms in total. The van der Waals surface area contributed by atoms with Crippen LogP contribution in [0.1, 0.15) is 37.0 Å². The molecule has 0 unspecified atom stereocenters. The molecule has 34 heavy (non-hydrogen) atoms.